The zero-order valence-electron chi connectivity index (χ0n) is 7.62. The van der Waals surface area contributed by atoms with E-state index in [-0.39, 0.29) is 35.6 Å². The summed E-state index contributed by atoms with van der Waals surface area (Å²) in [5.41, 5.74) is 0. The second-order valence-electron chi connectivity index (χ2n) is 1.01. The van der Waals surface area contributed by atoms with E-state index in [4.69, 9.17) is 14.7 Å². The van der Waals surface area contributed by atoms with Crippen molar-refractivity contribution < 1.29 is 31.7 Å². The molecule has 83 valence electrons. The summed E-state index contributed by atoms with van der Waals surface area (Å²) in [6, 6.07) is 0. The molecule has 0 heterocycles. The van der Waals surface area contributed by atoms with E-state index in [1.807, 2.05) is 0 Å². The predicted octanol–water partition coefficient (Wildman–Crippen LogP) is 1.85. The third kappa shape index (κ3) is 67.1. The number of hydrogen-bond donors (Lipinski definition) is 3. The van der Waals surface area contributed by atoms with E-state index in [0.29, 0.717) is 0 Å². The van der Waals surface area contributed by atoms with Gasteiger partial charge in [0.05, 0.1) is 0 Å². The molecule has 0 saturated heterocycles. The molecule has 0 unspecified atom stereocenters. The molecule has 0 aliphatic carbocycles. The van der Waals surface area contributed by atoms with E-state index in [9.17, 15) is 0 Å². The van der Waals surface area contributed by atoms with Crippen LogP contribution < -0.4 is 0 Å². The molecule has 0 aliphatic rings. The van der Waals surface area contributed by atoms with Crippen molar-refractivity contribution in [3.05, 3.63) is 13.8 Å². The van der Waals surface area contributed by atoms with E-state index in [1.165, 1.54) is 6.92 Å². The minimum absolute atomic E-state index is 0. The van der Waals surface area contributed by atoms with Crippen molar-refractivity contribution in [3.8, 4) is 0 Å². The van der Waals surface area contributed by atoms with Gasteiger partial charge in [-0.25, -0.2) is 0 Å². The SMILES string of the molecule is CC[P+](O)(O)O.Cl.[CH2-]C.[CH2-]C.[Cu+2]. The fraction of sp³-hybridized carbons (Fsp3) is 0.667. The van der Waals surface area contributed by atoms with Gasteiger partial charge in [0.2, 0.25) is 0 Å². The summed E-state index contributed by atoms with van der Waals surface area (Å²) in [5.74, 6) is 0. The summed E-state index contributed by atoms with van der Waals surface area (Å²) in [5, 5.41) is 0. The molecule has 0 aromatic heterocycles. The maximum atomic E-state index is 8.05. The molecule has 0 saturated carbocycles. The molecule has 3 N–H and O–H groups in total. The van der Waals surface area contributed by atoms with Crippen molar-refractivity contribution in [3.63, 3.8) is 0 Å². The van der Waals surface area contributed by atoms with Crippen LogP contribution in [0.15, 0.2) is 0 Å². The van der Waals surface area contributed by atoms with Crippen molar-refractivity contribution in [2.24, 2.45) is 0 Å². The van der Waals surface area contributed by atoms with Crippen molar-refractivity contribution in [2.75, 3.05) is 6.16 Å². The monoisotopic (exact) mass is 268 g/mol. The van der Waals surface area contributed by atoms with E-state index in [2.05, 4.69) is 13.8 Å². The Morgan fingerprint density at radius 2 is 1.08 bits per heavy atom. The van der Waals surface area contributed by atoms with Gasteiger partial charge in [0, 0.05) is 0 Å². The van der Waals surface area contributed by atoms with Gasteiger partial charge in [-0.2, -0.15) is 28.5 Å². The van der Waals surface area contributed by atoms with Gasteiger partial charge in [0.25, 0.3) is 0 Å². The average molecular weight is 269 g/mol. The Hall–Kier alpha value is 1.12. The van der Waals surface area contributed by atoms with E-state index < -0.39 is 7.94 Å². The van der Waals surface area contributed by atoms with Crippen molar-refractivity contribution in [1.82, 2.24) is 0 Å². The third-order valence-corrected chi connectivity index (χ3v) is 1.27. The molecule has 0 aromatic carbocycles. The molecule has 0 bridgehead atoms. The van der Waals surface area contributed by atoms with Crippen LogP contribution >= 0.6 is 20.4 Å². The molecule has 0 fully saturated rings. The summed E-state index contributed by atoms with van der Waals surface area (Å²) in [7, 11) is -3.40. The fourth-order valence-corrected chi connectivity index (χ4v) is 0. The quantitative estimate of drug-likeness (QED) is 0.387. The molecule has 0 rings (SSSR count). The molecule has 0 aromatic rings. The normalized spacial score (nSPS) is 7.00. The molecule has 12 heavy (non-hydrogen) atoms. The first-order valence-electron chi connectivity index (χ1n) is 3.04. The van der Waals surface area contributed by atoms with Crippen LogP contribution in [0.5, 0.6) is 0 Å². The van der Waals surface area contributed by atoms with E-state index >= 15 is 0 Å². The minimum Gasteiger partial charge on any atom is -0.346 e. The van der Waals surface area contributed by atoms with Crippen LogP contribution in [0.3, 0.4) is 0 Å². The van der Waals surface area contributed by atoms with Crippen LogP contribution in [0.1, 0.15) is 20.8 Å². The second-order valence-corrected chi connectivity index (χ2v) is 3.03. The fourth-order valence-electron chi connectivity index (χ4n) is 0. The first-order valence-corrected chi connectivity index (χ1v) is 4.87. The van der Waals surface area contributed by atoms with Crippen LogP contribution in [0.2, 0.25) is 0 Å². The van der Waals surface area contributed by atoms with Gasteiger partial charge in [-0.3, -0.25) is 0 Å². The van der Waals surface area contributed by atoms with Gasteiger partial charge in [-0.05, 0) is 6.92 Å². The maximum Gasteiger partial charge on any atom is 2.00 e. The van der Waals surface area contributed by atoms with Gasteiger partial charge >= 0.3 is 25.0 Å². The zero-order chi connectivity index (χ0) is 9.21. The topological polar surface area (TPSA) is 60.7 Å². The third-order valence-electron chi connectivity index (χ3n) is 0.424. The minimum atomic E-state index is -3.40. The van der Waals surface area contributed by atoms with Gasteiger partial charge in [0.15, 0.2) is 0 Å². The van der Waals surface area contributed by atoms with Crippen molar-refractivity contribution in [2.45, 2.75) is 20.8 Å². The molecule has 1 radical (unpaired) electrons. The molecular formula is C6H19ClCuO3P+. The predicted molar refractivity (Wildman–Crippen MR) is 53.4 cm³/mol. The van der Waals surface area contributed by atoms with Crippen molar-refractivity contribution in [1.29, 1.82) is 0 Å². The standard InChI is InChI=1S/C2H8O3P.2C2H5.ClH.Cu/c1-2-6(3,4)5;2*1-2;;/h3-5H,2H2,1H3;2*1H2,2H3;1H;/q+1;2*-1;;+2. The Labute approximate surface area is 93.1 Å². The summed E-state index contributed by atoms with van der Waals surface area (Å²) in [6.07, 6.45) is 0.0486. The Balaban J connectivity index is -0.0000000241. The molecule has 0 aliphatic heterocycles. The van der Waals surface area contributed by atoms with E-state index in [0.717, 1.165) is 0 Å². The average Bonchev–Trinajstić information content (AvgIpc) is 1.95. The van der Waals surface area contributed by atoms with Gasteiger partial charge < -0.3 is 13.8 Å². The number of hydrogen-bond acceptors (Lipinski definition) is 3. The Kier molecular flexibility index (Phi) is 55.4. The van der Waals surface area contributed by atoms with E-state index in [1.54, 1.807) is 13.8 Å². The molecule has 6 heteroatoms. The molecule has 0 amide bonds. The van der Waals surface area contributed by atoms with Gasteiger partial charge in [-0.15, -0.1) is 12.4 Å². The van der Waals surface area contributed by atoms with Crippen molar-refractivity contribution >= 4 is 20.4 Å². The summed E-state index contributed by atoms with van der Waals surface area (Å²) in [6.45, 7) is 11.5. The first-order chi connectivity index (χ1) is 4.56. The number of halogens is 1. The van der Waals surface area contributed by atoms with Crippen LogP contribution in [0.25, 0.3) is 0 Å². The smallest absolute Gasteiger partial charge is 0.346 e. The molecular weight excluding hydrogens is 250 g/mol. The molecule has 3 nitrogen and oxygen atoms in total. The largest absolute Gasteiger partial charge is 2.00 e. The van der Waals surface area contributed by atoms with Crippen LogP contribution in [0, 0.1) is 13.8 Å². The summed E-state index contributed by atoms with van der Waals surface area (Å²) < 4.78 is 0. The zero-order valence-corrected chi connectivity index (χ0v) is 10.3. The van der Waals surface area contributed by atoms with Gasteiger partial charge in [-0.1, -0.05) is 0 Å². The maximum absolute atomic E-state index is 8.05. The Morgan fingerprint density at radius 1 is 1.00 bits per heavy atom. The molecule has 0 atom stereocenters. The molecule has 0 spiro atoms. The Morgan fingerprint density at radius 3 is 1.08 bits per heavy atom. The second kappa shape index (κ2) is 22.7. The summed E-state index contributed by atoms with van der Waals surface area (Å²) >= 11 is 0. The van der Waals surface area contributed by atoms with Crippen LogP contribution in [0.4, 0.5) is 0 Å². The summed E-state index contributed by atoms with van der Waals surface area (Å²) in [4.78, 5) is 24.1. The van der Waals surface area contributed by atoms with Crippen LogP contribution in [-0.2, 0) is 17.1 Å². The van der Waals surface area contributed by atoms with Gasteiger partial charge in [0.1, 0.15) is 6.16 Å². The Bertz CT molecular complexity index is 52.5. The number of rotatable bonds is 1. The van der Waals surface area contributed by atoms with Crippen LogP contribution in [-0.4, -0.2) is 20.8 Å². The first kappa shape index (κ1) is 29.2.